The quantitative estimate of drug-likeness (QED) is 0.788. The second-order valence-electron chi connectivity index (χ2n) is 5.52. The number of primary amides is 1. The normalized spacial score (nSPS) is 13.8. The van der Waals surface area contributed by atoms with Gasteiger partial charge in [0, 0.05) is 26.0 Å². The lowest BCUT2D eigenvalue weighted by Gasteiger charge is -2.35. The molecule has 0 spiro atoms. The molecule has 7 nitrogen and oxygen atoms in total. The lowest BCUT2D eigenvalue weighted by atomic mass is 10.1. The van der Waals surface area contributed by atoms with Gasteiger partial charge < -0.3 is 25.6 Å². The van der Waals surface area contributed by atoms with Crippen molar-refractivity contribution >= 4 is 17.8 Å². The summed E-state index contributed by atoms with van der Waals surface area (Å²) in [6.07, 6.45) is 3.65. The van der Waals surface area contributed by atoms with E-state index in [2.05, 4.69) is 34.7 Å². The fourth-order valence-electron chi connectivity index (χ4n) is 2.46. The Hall–Kier alpha value is -3.14. The van der Waals surface area contributed by atoms with Crippen molar-refractivity contribution in [1.29, 1.82) is 5.26 Å². The van der Waals surface area contributed by atoms with Crippen LogP contribution in [0.15, 0.2) is 42.8 Å². The Kier molecular flexibility index (Phi) is 7.87. The van der Waals surface area contributed by atoms with E-state index < -0.39 is 0 Å². The minimum absolute atomic E-state index is 0.250. The molecular weight excluding hydrogens is 318 g/mol. The SMILES string of the molecule is C=CN/C=C(\C)C(C#N)N1CCOc2ccc(N(C)C)cc21.NC=O. The first-order valence-electron chi connectivity index (χ1n) is 7.79. The zero-order chi connectivity index (χ0) is 18.8. The van der Waals surface area contributed by atoms with E-state index in [1.54, 1.807) is 6.20 Å². The van der Waals surface area contributed by atoms with Gasteiger partial charge in [-0.3, -0.25) is 4.79 Å². The maximum atomic E-state index is 9.61. The Morgan fingerprint density at radius 1 is 1.56 bits per heavy atom. The summed E-state index contributed by atoms with van der Waals surface area (Å²) in [6, 6.07) is 8.09. The molecule has 134 valence electrons. The largest absolute Gasteiger partial charge is 0.490 e. The number of hydrogen-bond donors (Lipinski definition) is 2. The Balaban J connectivity index is 0.000000970. The average Bonchev–Trinajstić information content (AvgIpc) is 2.61. The highest BCUT2D eigenvalue weighted by molar-refractivity contribution is 5.69. The van der Waals surface area contributed by atoms with E-state index >= 15 is 0 Å². The van der Waals surface area contributed by atoms with Crippen LogP contribution in [-0.2, 0) is 4.79 Å². The van der Waals surface area contributed by atoms with Crippen LogP contribution in [0.2, 0.25) is 0 Å². The van der Waals surface area contributed by atoms with Crippen molar-refractivity contribution < 1.29 is 9.53 Å². The molecule has 1 atom stereocenters. The third kappa shape index (κ3) is 5.18. The van der Waals surface area contributed by atoms with E-state index in [0.29, 0.717) is 13.2 Å². The topological polar surface area (TPSA) is 94.6 Å². The zero-order valence-corrected chi connectivity index (χ0v) is 14.9. The molecule has 0 aromatic heterocycles. The van der Waals surface area contributed by atoms with Gasteiger partial charge in [0.25, 0.3) is 0 Å². The molecule has 1 aromatic carbocycles. The number of nitrogens with two attached hydrogens (primary N) is 1. The third-order valence-electron chi connectivity index (χ3n) is 3.65. The van der Waals surface area contributed by atoms with Gasteiger partial charge in [0.2, 0.25) is 6.41 Å². The molecule has 1 aliphatic heterocycles. The average molecular weight is 343 g/mol. The van der Waals surface area contributed by atoms with Crippen molar-refractivity contribution in [2.75, 3.05) is 37.0 Å². The van der Waals surface area contributed by atoms with Crippen LogP contribution >= 0.6 is 0 Å². The molecule has 3 N–H and O–H groups in total. The number of hydrogen-bond acceptors (Lipinski definition) is 6. The van der Waals surface area contributed by atoms with E-state index in [9.17, 15) is 5.26 Å². The fourth-order valence-corrected chi connectivity index (χ4v) is 2.46. The molecule has 1 amide bonds. The van der Waals surface area contributed by atoms with Crippen LogP contribution in [0.4, 0.5) is 11.4 Å². The first kappa shape index (κ1) is 19.9. The van der Waals surface area contributed by atoms with Crippen molar-refractivity contribution in [3.05, 3.63) is 42.8 Å². The number of fused-ring (bicyclic) bond motifs is 1. The Labute approximate surface area is 149 Å². The first-order chi connectivity index (χ1) is 12.0. The molecule has 0 saturated carbocycles. The Bertz CT molecular complexity index is 664. The number of nitrogens with one attached hydrogen (secondary N) is 1. The van der Waals surface area contributed by atoms with Crippen molar-refractivity contribution in [3.63, 3.8) is 0 Å². The molecule has 0 radical (unpaired) electrons. The van der Waals surface area contributed by atoms with E-state index in [4.69, 9.17) is 9.53 Å². The van der Waals surface area contributed by atoms with Crippen LogP contribution in [0.5, 0.6) is 5.75 Å². The van der Waals surface area contributed by atoms with Gasteiger partial charge in [-0.05, 0) is 36.9 Å². The van der Waals surface area contributed by atoms with E-state index in [-0.39, 0.29) is 12.5 Å². The van der Waals surface area contributed by atoms with Crippen molar-refractivity contribution in [2.45, 2.75) is 13.0 Å². The summed E-state index contributed by atoms with van der Waals surface area (Å²) in [5.74, 6) is 0.821. The number of carbonyl (C=O) groups excluding carboxylic acids is 1. The van der Waals surface area contributed by atoms with Gasteiger partial charge in [-0.1, -0.05) is 6.58 Å². The number of rotatable bonds is 5. The molecule has 1 unspecified atom stereocenters. The highest BCUT2D eigenvalue weighted by Gasteiger charge is 2.26. The van der Waals surface area contributed by atoms with Crippen LogP contribution in [0, 0.1) is 11.3 Å². The van der Waals surface area contributed by atoms with Crippen LogP contribution in [0.25, 0.3) is 0 Å². The summed E-state index contributed by atoms with van der Waals surface area (Å²) in [6.45, 7) is 6.82. The first-order valence-corrected chi connectivity index (χ1v) is 7.79. The van der Waals surface area contributed by atoms with Crippen molar-refractivity contribution in [2.24, 2.45) is 5.73 Å². The molecule has 0 fully saturated rings. The van der Waals surface area contributed by atoms with Gasteiger partial charge in [-0.25, -0.2) is 0 Å². The molecule has 1 aliphatic rings. The number of amides is 1. The van der Waals surface area contributed by atoms with Gasteiger partial charge in [0.15, 0.2) is 0 Å². The van der Waals surface area contributed by atoms with Gasteiger partial charge in [0.1, 0.15) is 18.4 Å². The summed E-state index contributed by atoms with van der Waals surface area (Å²) in [4.78, 5) is 12.7. The van der Waals surface area contributed by atoms with Gasteiger partial charge in [-0.15, -0.1) is 0 Å². The standard InChI is InChI=1S/C17H22N4O.CH3NO/c1-5-19-12-13(2)16(11-18)21-8-9-22-17-7-6-14(20(3)4)10-15(17)21;2-1-3/h5-7,10,12,16,19H,1,8-9H2,2-4H3;1H,(H2,2,3)/b13-12+;. The molecule has 2 rings (SSSR count). The minimum Gasteiger partial charge on any atom is -0.490 e. The Morgan fingerprint density at radius 2 is 2.24 bits per heavy atom. The van der Waals surface area contributed by atoms with Gasteiger partial charge in [-0.2, -0.15) is 5.26 Å². The summed E-state index contributed by atoms with van der Waals surface area (Å²) in [7, 11) is 3.99. The van der Waals surface area contributed by atoms with Crippen LogP contribution < -0.4 is 25.6 Å². The van der Waals surface area contributed by atoms with Gasteiger partial charge >= 0.3 is 0 Å². The van der Waals surface area contributed by atoms with Crippen molar-refractivity contribution in [1.82, 2.24) is 5.32 Å². The van der Waals surface area contributed by atoms with E-state index in [1.165, 1.54) is 0 Å². The predicted molar refractivity (Wildman–Crippen MR) is 100 cm³/mol. The van der Waals surface area contributed by atoms with Crippen molar-refractivity contribution in [3.8, 4) is 11.8 Å². The molecule has 0 saturated heterocycles. The second-order valence-corrected chi connectivity index (χ2v) is 5.52. The van der Waals surface area contributed by atoms with Crippen LogP contribution in [0.3, 0.4) is 0 Å². The number of ether oxygens (including phenoxy) is 1. The second kappa shape index (κ2) is 9.88. The Morgan fingerprint density at radius 3 is 2.80 bits per heavy atom. The van der Waals surface area contributed by atoms with E-state index in [0.717, 1.165) is 22.7 Å². The summed E-state index contributed by atoms with van der Waals surface area (Å²) in [5, 5.41) is 12.6. The summed E-state index contributed by atoms with van der Waals surface area (Å²) >= 11 is 0. The van der Waals surface area contributed by atoms with E-state index in [1.807, 2.05) is 44.3 Å². The predicted octanol–water partition coefficient (Wildman–Crippen LogP) is 1.58. The molecular formula is C18H25N5O2. The lowest BCUT2D eigenvalue weighted by Crippen LogP contribution is -2.41. The molecule has 0 bridgehead atoms. The number of benzene rings is 1. The number of anilines is 2. The monoisotopic (exact) mass is 343 g/mol. The highest BCUT2D eigenvalue weighted by atomic mass is 16.5. The van der Waals surface area contributed by atoms with Crippen LogP contribution in [0.1, 0.15) is 6.92 Å². The maximum Gasteiger partial charge on any atom is 0.204 e. The zero-order valence-electron chi connectivity index (χ0n) is 14.9. The van der Waals surface area contributed by atoms with Gasteiger partial charge in [0.05, 0.1) is 18.3 Å². The molecule has 7 heteroatoms. The smallest absolute Gasteiger partial charge is 0.204 e. The third-order valence-corrected chi connectivity index (χ3v) is 3.65. The lowest BCUT2D eigenvalue weighted by molar-refractivity contribution is -0.106. The molecule has 1 aromatic rings. The maximum absolute atomic E-state index is 9.61. The van der Waals surface area contributed by atoms with Crippen LogP contribution in [-0.4, -0.2) is 39.7 Å². The number of nitrogens with zero attached hydrogens (tertiary/aromatic N) is 3. The highest BCUT2D eigenvalue weighted by Crippen LogP contribution is 2.36. The molecule has 0 aliphatic carbocycles. The molecule has 1 heterocycles. The summed E-state index contributed by atoms with van der Waals surface area (Å²) < 4.78 is 5.72. The summed E-state index contributed by atoms with van der Waals surface area (Å²) in [5.41, 5.74) is 7.14. The number of nitriles is 1. The molecule has 25 heavy (non-hydrogen) atoms. The minimum atomic E-state index is -0.340. The fraction of sp³-hybridized carbons (Fsp3) is 0.333. The number of carbonyl (C=O) groups is 1.